The van der Waals surface area contributed by atoms with Gasteiger partial charge in [0.25, 0.3) is 0 Å². The number of hydrogen-bond acceptors (Lipinski definition) is 3. The molecule has 102 valence electrons. The Morgan fingerprint density at radius 2 is 2.06 bits per heavy atom. The van der Waals surface area contributed by atoms with Crippen molar-refractivity contribution in [3.63, 3.8) is 0 Å². The second-order valence-electron chi connectivity index (χ2n) is 4.12. The van der Waals surface area contributed by atoms with Gasteiger partial charge in [-0.3, -0.25) is 0 Å². The minimum absolute atomic E-state index is 0.187. The molecule has 0 aliphatic carbocycles. The van der Waals surface area contributed by atoms with Crippen LogP contribution in [0.15, 0.2) is 18.2 Å². The van der Waals surface area contributed by atoms with Crippen molar-refractivity contribution in [3.8, 4) is 0 Å². The second-order valence-corrected chi connectivity index (χ2v) is 4.12. The largest absolute Gasteiger partial charge is 0.380 e. The van der Waals surface area contributed by atoms with Gasteiger partial charge >= 0.3 is 0 Å². The second kappa shape index (κ2) is 8.06. The van der Waals surface area contributed by atoms with Crippen molar-refractivity contribution in [2.75, 3.05) is 38.3 Å². The smallest absolute Gasteiger partial charge is 0.125 e. The molecule has 1 aromatic carbocycles. The van der Waals surface area contributed by atoms with Gasteiger partial charge in [-0.15, -0.1) is 0 Å². The molecule has 0 spiro atoms. The molecule has 0 aliphatic heterocycles. The number of halogens is 1. The highest BCUT2D eigenvalue weighted by Crippen LogP contribution is 2.18. The number of nitrogens with zero attached hydrogens (tertiary/aromatic N) is 1. The van der Waals surface area contributed by atoms with Crippen molar-refractivity contribution in [1.82, 2.24) is 5.32 Å². The van der Waals surface area contributed by atoms with Gasteiger partial charge in [0, 0.05) is 31.9 Å². The minimum atomic E-state index is -0.187. The summed E-state index contributed by atoms with van der Waals surface area (Å²) in [5, 5.41) is 3.04. The Hall–Kier alpha value is -1.13. The highest BCUT2D eigenvalue weighted by Gasteiger charge is 2.07. The molecule has 0 aliphatic rings. The Kier molecular flexibility index (Phi) is 6.68. The van der Waals surface area contributed by atoms with E-state index in [2.05, 4.69) is 17.1 Å². The molecule has 3 nitrogen and oxygen atoms in total. The molecule has 0 amide bonds. The molecule has 1 aromatic rings. The van der Waals surface area contributed by atoms with Crippen molar-refractivity contribution < 1.29 is 9.13 Å². The van der Waals surface area contributed by atoms with Crippen LogP contribution in [-0.4, -0.2) is 33.4 Å². The molecule has 18 heavy (non-hydrogen) atoms. The van der Waals surface area contributed by atoms with Crippen LogP contribution in [0, 0.1) is 5.82 Å². The van der Waals surface area contributed by atoms with E-state index in [1.807, 2.05) is 20.0 Å². The van der Waals surface area contributed by atoms with Crippen LogP contribution in [0.4, 0.5) is 10.1 Å². The van der Waals surface area contributed by atoms with E-state index >= 15 is 0 Å². The van der Waals surface area contributed by atoms with Gasteiger partial charge in [-0.1, -0.05) is 0 Å². The third-order valence-electron chi connectivity index (χ3n) is 2.78. The number of ether oxygens (including phenoxy) is 1. The zero-order valence-corrected chi connectivity index (χ0v) is 11.5. The first-order chi connectivity index (χ1) is 8.71. The third-order valence-corrected chi connectivity index (χ3v) is 2.78. The van der Waals surface area contributed by atoms with Crippen LogP contribution in [0.25, 0.3) is 0 Å². The standard InChI is InChI=1S/C14H23FN2O/c1-4-17(6-7-18-5-2)14-9-12(11-16-3)8-13(15)10-14/h8-10,16H,4-7,11H2,1-3H3. The Morgan fingerprint density at radius 3 is 2.67 bits per heavy atom. The Bertz CT molecular complexity index is 358. The van der Waals surface area contributed by atoms with Gasteiger partial charge in [0.1, 0.15) is 5.82 Å². The Morgan fingerprint density at radius 1 is 1.28 bits per heavy atom. The van der Waals surface area contributed by atoms with Gasteiger partial charge in [0.15, 0.2) is 0 Å². The van der Waals surface area contributed by atoms with E-state index in [0.29, 0.717) is 19.8 Å². The molecule has 0 radical (unpaired) electrons. The topological polar surface area (TPSA) is 24.5 Å². The Labute approximate surface area is 109 Å². The maximum absolute atomic E-state index is 13.6. The summed E-state index contributed by atoms with van der Waals surface area (Å²) >= 11 is 0. The zero-order valence-electron chi connectivity index (χ0n) is 11.5. The normalized spacial score (nSPS) is 10.7. The molecular formula is C14H23FN2O. The fraction of sp³-hybridized carbons (Fsp3) is 0.571. The number of benzene rings is 1. The molecule has 0 heterocycles. The predicted molar refractivity (Wildman–Crippen MR) is 73.5 cm³/mol. The highest BCUT2D eigenvalue weighted by atomic mass is 19.1. The summed E-state index contributed by atoms with van der Waals surface area (Å²) in [5.41, 5.74) is 1.88. The Balaban J connectivity index is 2.77. The molecule has 4 heteroatoms. The summed E-state index contributed by atoms with van der Waals surface area (Å²) in [6, 6.07) is 5.17. The average molecular weight is 254 g/mol. The quantitative estimate of drug-likeness (QED) is 0.721. The summed E-state index contributed by atoms with van der Waals surface area (Å²) in [6.45, 7) is 7.72. The van der Waals surface area contributed by atoms with Crippen LogP contribution in [0.3, 0.4) is 0 Å². The fourth-order valence-electron chi connectivity index (χ4n) is 1.91. The summed E-state index contributed by atoms with van der Waals surface area (Å²) in [5.74, 6) is -0.187. The number of likely N-dealkylation sites (N-methyl/N-ethyl adjacent to an activating group) is 1. The first-order valence-corrected chi connectivity index (χ1v) is 6.48. The van der Waals surface area contributed by atoms with Gasteiger partial charge in [-0.25, -0.2) is 4.39 Å². The van der Waals surface area contributed by atoms with Crippen molar-refractivity contribution in [2.24, 2.45) is 0 Å². The zero-order chi connectivity index (χ0) is 13.4. The number of nitrogens with one attached hydrogen (secondary N) is 1. The van der Waals surface area contributed by atoms with Crippen LogP contribution >= 0.6 is 0 Å². The van der Waals surface area contributed by atoms with E-state index in [1.165, 1.54) is 0 Å². The molecule has 1 N–H and O–H groups in total. The van der Waals surface area contributed by atoms with Crippen molar-refractivity contribution in [2.45, 2.75) is 20.4 Å². The van der Waals surface area contributed by atoms with E-state index in [-0.39, 0.29) is 5.82 Å². The van der Waals surface area contributed by atoms with E-state index in [4.69, 9.17) is 4.74 Å². The monoisotopic (exact) mass is 254 g/mol. The van der Waals surface area contributed by atoms with Gasteiger partial charge in [0.2, 0.25) is 0 Å². The highest BCUT2D eigenvalue weighted by molar-refractivity contribution is 5.49. The SMILES string of the molecule is CCOCCN(CC)c1cc(F)cc(CNC)c1. The van der Waals surface area contributed by atoms with E-state index in [9.17, 15) is 4.39 Å². The molecule has 0 saturated heterocycles. The molecule has 0 fully saturated rings. The molecule has 0 unspecified atom stereocenters. The van der Waals surface area contributed by atoms with Crippen LogP contribution in [0.1, 0.15) is 19.4 Å². The first-order valence-electron chi connectivity index (χ1n) is 6.48. The van der Waals surface area contributed by atoms with E-state index in [1.54, 1.807) is 12.1 Å². The predicted octanol–water partition coefficient (Wildman–Crippen LogP) is 2.41. The van der Waals surface area contributed by atoms with Gasteiger partial charge < -0.3 is 15.0 Å². The number of hydrogen-bond donors (Lipinski definition) is 1. The lowest BCUT2D eigenvalue weighted by Gasteiger charge is -2.23. The van der Waals surface area contributed by atoms with E-state index in [0.717, 1.165) is 24.3 Å². The summed E-state index contributed by atoms with van der Waals surface area (Å²) in [7, 11) is 1.86. The minimum Gasteiger partial charge on any atom is -0.380 e. The summed E-state index contributed by atoms with van der Waals surface area (Å²) < 4.78 is 18.9. The molecule has 0 saturated carbocycles. The maximum atomic E-state index is 13.6. The molecule has 0 aromatic heterocycles. The summed E-state index contributed by atoms with van der Waals surface area (Å²) in [4.78, 5) is 2.12. The average Bonchev–Trinajstić information content (AvgIpc) is 2.34. The van der Waals surface area contributed by atoms with Crippen LogP contribution in [0.5, 0.6) is 0 Å². The van der Waals surface area contributed by atoms with Gasteiger partial charge in [-0.2, -0.15) is 0 Å². The van der Waals surface area contributed by atoms with Crippen molar-refractivity contribution in [1.29, 1.82) is 0 Å². The van der Waals surface area contributed by atoms with Crippen LogP contribution in [-0.2, 0) is 11.3 Å². The van der Waals surface area contributed by atoms with Gasteiger partial charge in [-0.05, 0) is 44.7 Å². The molecule has 1 rings (SSSR count). The van der Waals surface area contributed by atoms with E-state index < -0.39 is 0 Å². The van der Waals surface area contributed by atoms with Crippen molar-refractivity contribution in [3.05, 3.63) is 29.6 Å². The van der Waals surface area contributed by atoms with Crippen LogP contribution < -0.4 is 10.2 Å². The lowest BCUT2D eigenvalue weighted by molar-refractivity contribution is 0.154. The molecule has 0 bridgehead atoms. The lowest BCUT2D eigenvalue weighted by atomic mass is 10.1. The number of rotatable bonds is 8. The third kappa shape index (κ3) is 4.63. The van der Waals surface area contributed by atoms with Gasteiger partial charge in [0.05, 0.1) is 6.61 Å². The maximum Gasteiger partial charge on any atom is 0.125 e. The molecular weight excluding hydrogens is 231 g/mol. The summed E-state index contributed by atoms with van der Waals surface area (Å²) in [6.07, 6.45) is 0. The van der Waals surface area contributed by atoms with Crippen LogP contribution in [0.2, 0.25) is 0 Å². The molecule has 0 atom stereocenters. The van der Waals surface area contributed by atoms with Crippen molar-refractivity contribution >= 4 is 5.69 Å². The lowest BCUT2D eigenvalue weighted by Crippen LogP contribution is -2.27. The number of anilines is 1. The first kappa shape index (κ1) is 14.9. The fourth-order valence-corrected chi connectivity index (χ4v) is 1.91.